The molecule has 3 nitrogen and oxygen atoms in total. The van der Waals surface area contributed by atoms with Crippen molar-refractivity contribution in [3.63, 3.8) is 0 Å². The number of nitroso groups, excluding NO2 is 1. The highest BCUT2D eigenvalue weighted by atomic mass is 28.3. The number of hydrogen-bond donors (Lipinski definition) is 0. The lowest BCUT2D eigenvalue weighted by Gasteiger charge is -2.13. The molecule has 46 valence electrons. The highest BCUT2D eigenvalue weighted by molar-refractivity contribution is 6.49. The highest BCUT2D eigenvalue weighted by Gasteiger charge is 2.16. The van der Waals surface area contributed by atoms with E-state index in [0.717, 1.165) is 25.5 Å². The Morgan fingerprint density at radius 1 is 1.50 bits per heavy atom. The van der Waals surface area contributed by atoms with E-state index in [0.29, 0.717) is 0 Å². The van der Waals surface area contributed by atoms with Crippen molar-refractivity contribution in [2.75, 3.05) is 6.61 Å². The average Bonchev–Trinajstić information content (AvgIpc) is 1.90. The molecule has 0 radical (unpaired) electrons. The molecule has 0 saturated carbocycles. The summed E-state index contributed by atoms with van der Waals surface area (Å²) in [5.74, 6) is 0. The van der Waals surface area contributed by atoms with Crippen LogP contribution in [0.2, 0.25) is 6.04 Å². The second-order valence-electron chi connectivity index (χ2n) is 1.93. The summed E-state index contributed by atoms with van der Waals surface area (Å²) in [6, 6.07) is 0.948. The van der Waals surface area contributed by atoms with Gasteiger partial charge in [-0.3, -0.25) is 0 Å². The highest BCUT2D eigenvalue weighted by Crippen LogP contribution is 2.10. The molecule has 0 aromatic rings. The maximum Gasteiger partial charge on any atom is 0.357 e. The van der Waals surface area contributed by atoms with Gasteiger partial charge >= 0.3 is 9.20 Å². The minimum atomic E-state index is -1.54. The Morgan fingerprint density at radius 2 is 2.38 bits per heavy atom. The van der Waals surface area contributed by atoms with E-state index in [4.69, 9.17) is 4.43 Å². The lowest BCUT2D eigenvalue weighted by Crippen LogP contribution is -2.20. The number of nitrogens with zero attached hydrogens (tertiary/aromatic N) is 1. The van der Waals surface area contributed by atoms with E-state index >= 15 is 0 Å². The van der Waals surface area contributed by atoms with Crippen molar-refractivity contribution >= 4 is 9.20 Å². The maximum atomic E-state index is 9.85. The zero-order valence-corrected chi connectivity index (χ0v) is 5.82. The minimum absolute atomic E-state index is 0.766. The van der Waals surface area contributed by atoms with Crippen LogP contribution in [0.15, 0.2) is 4.84 Å². The van der Waals surface area contributed by atoms with Gasteiger partial charge in [-0.2, -0.15) is 4.91 Å². The third kappa shape index (κ3) is 1.38. The molecule has 0 bridgehead atoms. The van der Waals surface area contributed by atoms with E-state index in [1.807, 2.05) is 0 Å². The van der Waals surface area contributed by atoms with E-state index in [1.54, 1.807) is 0 Å². The summed E-state index contributed by atoms with van der Waals surface area (Å²) in [5, 5.41) is 0. The average molecular weight is 131 g/mol. The summed E-state index contributed by atoms with van der Waals surface area (Å²) in [5.41, 5.74) is 0. The Hall–Kier alpha value is -0.223. The lowest BCUT2D eigenvalue weighted by molar-refractivity contribution is 0.287. The van der Waals surface area contributed by atoms with Crippen molar-refractivity contribution in [3.8, 4) is 0 Å². The molecule has 1 fully saturated rings. The molecular weight excluding hydrogens is 122 g/mol. The monoisotopic (exact) mass is 131 g/mol. The van der Waals surface area contributed by atoms with Crippen LogP contribution in [0.5, 0.6) is 0 Å². The molecule has 0 amide bonds. The van der Waals surface area contributed by atoms with Crippen LogP contribution in [0.25, 0.3) is 0 Å². The molecule has 0 aromatic carbocycles. The standard InChI is InChI=1S/C4H9NO2Si/c6-5-8-4-2-1-3-7-8/h8H,1-4H2. The topological polar surface area (TPSA) is 38.7 Å². The van der Waals surface area contributed by atoms with Crippen molar-refractivity contribution in [2.24, 2.45) is 4.84 Å². The fraction of sp³-hybridized carbons (Fsp3) is 1.00. The van der Waals surface area contributed by atoms with Crippen LogP contribution in [-0.4, -0.2) is 15.8 Å². The smallest absolute Gasteiger partial charge is 0.357 e. The molecule has 0 spiro atoms. The molecule has 8 heavy (non-hydrogen) atoms. The summed E-state index contributed by atoms with van der Waals surface area (Å²) in [6.45, 7) is 0.766. The molecule has 1 aliphatic heterocycles. The first kappa shape index (κ1) is 5.91. The first-order chi connectivity index (χ1) is 3.93. The van der Waals surface area contributed by atoms with Crippen molar-refractivity contribution in [1.82, 2.24) is 0 Å². The van der Waals surface area contributed by atoms with Gasteiger partial charge in [-0.25, -0.2) is 0 Å². The van der Waals surface area contributed by atoms with Gasteiger partial charge in [0.25, 0.3) is 0 Å². The normalized spacial score (nSPS) is 29.8. The van der Waals surface area contributed by atoms with E-state index in [9.17, 15) is 4.91 Å². The Balaban J connectivity index is 2.22. The van der Waals surface area contributed by atoms with Gasteiger partial charge < -0.3 is 4.43 Å². The summed E-state index contributed by atoms with van der Waals surface area (Å²) >= 11 is 0. The third-order valence-electron chi connectivity index (χ3n) is 1.27. The Bertz CT molecular complexity index is 82.1. The van der Waals surface area contributed by atoms with Gasteiger partial charge in [0.15, 0.2) is 0 Å². The molecule has 1 aliphatic rings. The summed E-state index contributed by atoms with van der Waals surface area (Å²) in [6.07, 6.45) is 2.25. The van der Waals surface area contributed by atoms with Crippen LogP contribution in [0.1, 0.15) is 12.8 Å². The van der Waals surface area contributed by atoms with Crippen molar-refractivity contribution < 1.29 is 4.43 Å². The number of hydrogen-bond acceptors (Lipinski definition) is 3. The van der Waals surface area contributed by atoms with E-state index in [-0.39, 0.29) is 0 Å². The van der Waals surface area contributed by atoms with Crippen LogP contribution in [0.4, 0.5) is 0 Å². The zero-order chi connectivity index (χ0) is 5.82. The predicted octanol–water partition coefficient (Wildman–Crippen LogP) is 0.784. The SMILES string of the molecule is O=N[SiH]1CCCCO1. The molecule has 1 heterocycles. The molecule has 1 unspecified atom stereocenters. The van der Waals surface area contributed by atoms with E-state index < -0.39 is 9.20 Å². The van der Waals surface area contributed by atoms with Crippen LogP contribution >= 0.6 is 0 Å². The first-order valence-corrected chi connectivity index (χ1v) is 4.68. The second-order valence-corrected chi connectivity index (χ2v) is 3.96. The van der Waals surface area contributed by atoms with Gasteiger partial charge in [-0.1, -0.05) is 4.84 Å². The van der Waals surface area contributed by atoms with Gasteiger partial charge in [0.05, 0.1) is 0 Å². The van der Waals surface area contributed by atoms with E-state index in [2.05, 4.69) is 4.84 Å². The molecule has 1 rings (SSSR count). The van der Waals surface area contributed by atoms with Gasteiger partial charge in [0, 0.05) is 6.61 Å². The zero-order valence-electron chi connectivity index (χ0n) is 4.67. The molecule has 0 N–H and O–H groups in total. The summed E-state index contributed by atoms with van der Waals surface area (Å²) in [4.78, 5) is 12.8. The first-order valence-electron chi connectivity index (χ1n) is 2.87. The molecular formula is C4H9NO2Si. The van der Waals surface area contributed by atoms with Crippen LogP contribution in [0.3, 0.4) is 0 Å². The fourth-order valence-corrected chi connectivity index (χ4v) is 2.22. The fourth-order valence-electron chi connectivity index (χ4n) is 0.807. The largest absolute Gasteiger partial charge is 0.398 e. The molecule has 0 aliphatic carbocycles. The summed E-state index contributed by atoms with van der Waals surface area (Å²) in [7, 11) is -1.54. The second kappa shape index (κ2) is 2.94. The Morgan fingerprint density at radius 3 is 2.75 bits per heavy atom. The third-order valence-corrected chi connectivity index (χ3v) is 3.03. The quantitative estimate of drug-likeness (QED) is 0.389. The van der Waals surface area contributed by atoms with Crippen molar-refractivity contribution in [3.05, 3.63) is 4.91 Å². The van der Waals surface area contributed by atoms with Gasteiger partial charge in [-0.05, 0) is 18.9 Å². The lowest BCUT2D eigenvalue weighted by atomic mass is 10.4. The Labute approximate surface area is 49.8 Å². The summed E-state index contributed by atoms with van der Waals surface area (Å²) < 4.78 is 5.09. The Kier molecular flexibility index (Phi) is 2.17. The van der Waals surface area contributed by atoms with Crippen LogP contribution < -0.4 is 0 Å². The predicted molar refractivity (Wildman–Crippen MR) is 32.9 cm³/mol. The molecule has 1 atom stereocenters. The van der Waals surface area contributed by atoms with Gasteiger partial charge in [0.2, 0.25) is 0 Å². The number of rotatable bonds is 1. The maximum absolute atomic E-state index is 9.85. The van der Waals surface area contributed by atoms with Crippen molar-refractivity contribution in [2.45, 2.75) is 18.9 Å². The molecule has 1 saturated heterocycles. The van der Waals surface area contributed by atoms with Crippen LogP contribution in [0, 0.1) is 4.91 Å². The van der Waals surface area contributed by atoms with Crippen molar-refractivity contribution in [1.29, 1.82) is 0 Å². The van der Waals surface area contributed by atoms with Crippen LogP contribution in [-0.2, 0) is 4.43 Å². The van der Waals surface area contributed by atoms with Gasteiger partial charge in [-0.15, -0.1) is 0 Å². The van der Waals surface area contributed by atoms with E-state index in [1.165, 1.54) is 0 Å². The van der Waals surface area contributed by atoms with Gasteiger partial charge in [0.1, 0.15) is 0 Å². The minimum Gasteiger partial charge on any atom is -0.398 e. The molecule has 0 aromatic heterocycles. The molecule has 4 heteroatoms.